The number of hydrogen-bond donors (Lipinski definition) is 1. The van der Waals surface area contributed by atoms with Gasteiger partial charge in [-0.2, -0.15) is 5.10 Å². The number of aliphatic hydroxyl groups excluding tert-OH is 1. The molecule has 0 aliphatic rings. The molecule has 0 aliphatic heterocycles. The third-order valence-electron chi connectivity index (χ3n) is 2.82. The van der Waals surface area contributed by atoms with Gasteiger partial charge in [0.05, 0.1) is 24.2 Å². The van der Waals surface area contributed by atoms with Crippen LogP contribution < -0.4 is 0 Å². The van der Waals surface area contributed by atoms with E-state index in [1.165, 1.54) is 10.9 Å². The van der Waals surface area contributed by atoms with Gasteiger partial charge in [-0.25, -0.2) is 17.9 Å². The van der Waals surface area contributed by atoms with Gasteiger partial charge in [0, 0.05) is 17.7 Å². The molecule has 0 unspecified atom stereocenters. The molecule has 0 saturated carbocycles. The van der Waals surface area contributed by atoms with Crippen LogP contribution in [0.15, 0.2) is 18.3 Å². The molecule has 0 saturated heterocycles. The number of nitrogens with zero attached hydrogens (tertiary/aromatic N) is 2. The fraction of sp³-hybridized carbons (Fsp3) is 0.308. The van der Waals surface area contributed by atoms with Crippen LogP contribution in [0, 0.1) is 17.5 Å². The maximum Gasteiger partial charge on any atom is 0.194 e. The molecule has 19 heavy (non-hydrogen) atoms. The van der Waals surface area contributed by atoms with Gasteiger partial charge < -0.3 is 5.11 Å². The lowest BCUT2D eigenvalue weighted by Crippen LogP contribution is -2.07. The molecule has 0 atom stereocenters. The van der Waals surface area contributed by atoms with Crippen LogP contribution in [0.25, 0.3) is 5.69 Å². The van der Waals surface area contributed by atoms with Crippen molar-refractivity contribution >= 4 is 0 Å². The number of aromatic nitrogens is 2. The van der Waals surface area contributed by atoms with Crippen LogP contribution in [0.1, 0.15) is 31.0 Å². The van der Waals surface area contributed by atoms with Crippen LogP contribution in [0.4, 0.5) is 13.2 Å². The van der Waals surface area contributed by atoms with E-state index < -0.39 is 17.5 Å². The van der Waals surface area contributed by atoms with Crippen molar-refractivity contribution in [2.45, 2.75) is 26.4 Å². The van der Waals surface area contributed by atoms with E-state index in [1.54, 1.807) is 0 Å². The van der Waals surface area contributed by atoms with Crippen molar-refractivity contribution in [2.24, 2.45) is 0 Å². The molecule has 102 valence electrons. The van der Waals surface area contributed by atoms with Crippen molar-refractivity contribution < 1.29 is 18.3 Å². The summed E-state index contributed by atoms with van der Waals surface area (Å²) in [4.78, 5) is 0. The zero-order valence-electron chi connectivity index (χ0n) is 10.5. The summed E-state index contributed by atoms with van der Waals surface area (Å²) in [5.41, 5.74) is 1.29. The Morgan fingerprint density at radius 2 is 1.79 bits per heavy atom. The highest BCUT2D eigenvalue weighted by molar-refractivity contribution is 5.37. The zero-order valence-corrected chi connectivity index (χ0v) is 10.5. The zero-order chi connectivity index (χ0) is 14.2. The number of rotatable bonds is 3. The molecule has 2 rings (SSSR count). The second-order valence-corrected chi connectivity index (χ2v) is 4.50. The van der Waals surface area contributed by atoms with Gasteiger partial charge in [-0.05, 0) is 5.92 Å². The summed E-state index contributed by atoms with van der Waals surface area (Å²) >= 11 is 0. The van der Waals surface area contributed by atoms with Crippen LogP contribution in [-0.2, 0) is 6.61 Å². The standard InChI is InChI=1S/C13H13F3N2O/c1-7(2)13-8(6-19)5-17-18(13)9-3-10(14)12(16)11(15)4-9/h3-5,7,19H,6H2,1-2H3. The first-order valence-electron chi connectivity index (χ1n) is 5.78. The molecule has 1 N–H and O–H groups in total. The Kier molecular flexibility index (Phi) is 3.61. The first-order chi connectivity index (χ1) is 8.95. The van der Waals surface area contributed by atoms with Gasteiger partial charge in [0.25, 0.3) is 0 Å². The Labute approximate surface area is 108 Å². The third-order valence-corrected chi connectivity index (χ3v) is 2.82. The lowest BCUT2D eigenvalue weighted by Gasteiger charge is -2.12. The van der Waals surface area contributed by atoms with Gasteiger partial charge >= 0.3 is 0 Å². The highest BCUT2D eigenvalue weighted by Gasteiger charge is 2.18. The molecule has 1 heterocycles. The Morgan fingerprint density at radius 1 is 1.21 bits per heavy atom. The minimum atomic E-state index is -1.51. The quantitative estimate of drug-likeness (QED) is 0.871. The smallest absolute Gasteiger partial charge is 0.194 e. The molecule has 1 aromatic heterocycles. The van der Waals surface area contributed by atoms with Gasteiger partial charge in [-0.3, -0.25) is 0 Å². The number of halogens is 3. The average molecular weight is 270 g/mol. The molecule has 0 radical (unpaired) electrons. The van der Waals surface area contributed by atoms with Gasteiger partial charge in [0.1, 0.15) is 0 Å². The number of hydrogen-bond acceptors (Lipinski definition) is 2. The molecule has 6 heteroatoms. The molecule has 3 nitrogen and oxygen atoms in total. The fourth-order valence-corrected chi connectivity index (χ4v) is 2.00. The maximum absolute atomic E-state index is 13.2. The molecule has 0 aliphatic carbocycles. The predicted molar refractivity (Wildman–Crippen MR) is 63.4 cm³/mol. The Bertz CT molecular complexity index is 585. The fourth-order valence-electron chi connectivity index (χ4n) is 2.00. The molecule has 0 fully saturated rings. The molecule has 0 amide bonds. The molecular formula is C13H13F3N2O. The minimum absolute atomic E-state index is 0.0131. The summed E-state index contributed by atoms with van der Waals surface area (Å²) in [6.45, 7) is 3.51. The Morgan fingerprint density at radius 3 is 2.26 bits per heavy atom. The highest BCUT2D eigenvalue weighted by atomic mass is 19.2. The van der Waals surface area contributed by atoms with E-state index >= 15 is 0 Å². The van der Waals surface area contributed by atoms with Gasteiger partial charge in [0.15, 0.2) is 17.5 Å². The van der Waals surface area contributed by atoms with E-state index in [9.17, 15) is 18.3 Å². The van der Waals surface area contributed by atoms with Crippen molar-refractivity contribution in [2.75, 3.05) is 0 Å². The van der Waals surface area contributed by atoms with Crippen LogP contribution >= 0.6 is 0 Å². The average Bonchev–Trinajstić information content (AvgIpc) is 2.79. The van der Waals surface area contributed by atoms with E-state index in [2.05, 4.69) is 5.10 Å². The molecule has 0 bridgehead atoms. The summed E-state index contributed by atoms with van der Waals surface area (Å²) in [7, 11) is 0. The Balaban J connectivity index is 2.62. The molecule has 0 spiro atoms. The number of benzene rings is 1. The van der Waals surface area contributed by atoms with E-state index in [0.29, 0.717) is 11.3 Å². The van der Waals surface area contributed by atoms with Crippen molar-refractivity contribution in [3.8, 4) is 5.69 Å². The van der Waals surface area contributed by atoms with Crippen molar-refractivity contribution in [1.29, 1.82) is 0 Å². The summed E-state index contributed by atoms with van der Waals surface area (Å²) in [6, 6.07) is 1.75. The summed E-state index contributed by atoms with van der Waals surface area (Å²) in [5.74, 6) is -4.07. The van der Waals surface area contributed by atoms with E-state index in [0.717, 1.165) is 12.1 Å². The van der Waals surface area contributed by atoms with Gasteiger partial charge in [0.2, 0.25) is 0 Å². The monoisotopic (exact) mass is 270 g/mol. The number of aliphatic hydroxyl groups is 1. The van der Waals surface area contributed by atoms with Crippen LogP contribution in [0.2, 0.25) is 0 Å². The molecule has 2 aromatic rings. The van der Waals surface area contributed by atoms with Crippen LogP contribution in [0.3, 0.4) is 0 Å². The summed E-state index contributed by atoms with van der Waals surface area (Å²) in [5, 5.41) is 13.2. The predicted octanol–water partition coefficient (Wildman–Crippen LogP) is 2.91. The normalized spacial score (nSPS) is 11.3. The second kappa shape index (κ2) is 5.05. The first kappa shape index (κ1) is 13.6. The van der Waals surface area contributed by atoms with Gasteiger partial charge in [-0.15, -0.1) is 0 Å². The lowest BCUT2D eigenvalue weighted by molar-refractivity contribution is 0.280. The second-order valence-electron chi connectivity index (χ2n) is 4.50. The SMILES string of the molecule is CC(C)c1c(CO)cnn1-c1cc(F)c(F)c(F)c1. The first-order valence-corrected chi connectivity index (χ1v) is 5.78. The highest BCUT2D eigenvalue weighted by Crippen LogP contribution is 2.24. The van der Waals surface area contributed by atoms with Crippen LogP contribution in [-0.4, -0.2) is 14.9 Å². The minimum Gasteiger partial charge on any atom is -0.392 e. The van der Waals surface area contributed by atoms with Crippen molar-refractivity contribution in [3.05, 3.63) is 47.0 Å². The van der Waals surface area contributed by atoms with Crippen molar-refractivity contribution in [3.63, 3.8) is 0 Å². The summed E-state index contributed by atoms with van der Waals surface area (Å²) < 4.78 is 40.7. The van der Waals surface area contributed by atoms with Crippen LogP contribution in [0.5, 0.6) is 0 Å². The van der Waals surface area contributed by atoms with Gasteiger partial charge in [-0.1, -0.05) is 13.8 Å². The molecular weight excluding hydrogens is 257 g/mol. The lowest BCUT2D eigenvalue weighted by atomic mass is 10.1. The van der Waals surface area contributed by atoms with E-state index in [4.69, 9.17) is 0 Å². The largest absolute Gasteiger partial charge is 0.392 e. The maximum atomic E-state index is 13.2. The molecule has 1 aromatic carbocycles. The topological polar surface area (TPSA) is 38.1 Å². The Hall–Kier alpha value is -1.82. The summed E-state index contributed by atoms with van der Waals surface area (Å²) in [6.07, 6.45) is 1.43. The van der Waals surface area contributed by atoms with E-state index in [1.807, 2.05) is 13.8 Å². The third kappa shape index (κ3) is 2.35. The van der Waals surface area contributed by atoms with Crippen molar-refractivity contribution in [1.82, 2.24) is 9.78 Å². The van der Waals surface area contributed by atoms with E-state index in [-0.39, 0.29) is 18.2 Å².